The van der Waals surface area contributed by atoms with Crippen LogP contribution in [0.4, 0.5) is 5.69 Å². The lowest BCUT2D eigenvalue weighted by Gasteiger charge is -2.17. The lowest BCUT2D eigenvalue weighted by Crippen LogP contribution is -2.35. The van der Waals surface area contributed by atoms with Crippen molar-refractivity contribution in [1.82, 2.24) is 9.88 Å². The van der Waals surface area contributed by atoms with Gasteiger partial charge in [0.2, 0.25) is 5.91 Å². The van der Waals surface area contributed by atoms with E-state index in [1.165, 1.54) is 6.92 Å². The number of rotatable bonds is 3. The van der Waals surface area contributed by atoms with E-state index < -0.39 is 16.7 Å². The molecule has 0 saturated carbocycles. The van der Waals surface area contributed by atoms with Gasteiger partial charge in [0.1, 0.15) is 6.20 Å². The number of imide groups is 1. The molecule has 0 aliphatic carbocycles. The summed E-state index contributed by atoms with van der Waals surface area (Å²) in [5, 5.41) is 10.6. The fraction of sp³-hybridized carbons (Fsp3) is 0.364. The number of nitrogens with zero attached hydrogens (tertiary/aromatic N) is 3. The molecule has 1 rings (SSSR count). The van der Waals surface area contributed by atoms with Crippen molar-refractivity contribution < 1.29 is 14.5 Å². The zero-order valence-corrected chi connectivity index (χ0v) is 10.3. The molecule has 0 fully saturated rings. The number of carbonyl (C=O) groups excluding carboxylic acids is 2. The molecule has 0 unspecified atom stereocenters. The van der Waals surface area contributed by atoms with Gasteiger partial charge in [-0.05, 0) is 13.8 Å². The Morgan fingerprint density at radius 3 is 2.56 bits per heavy atom. The van der Waals surface area contributed by atoms with Gasteiger partial charge >= 0.3 is 0 Å². The number of hydrogen-bond donors (Lipinski definition) is 0. The summed E-state index contributed by atoms with van der Waals surface area (Å²) in [5.74, 6) is -0.980. The van der Waals surface area contributed by atoms with Crippen molar-refractivity contribution in [2.45, 2.75) is 20.8 Å². The zero-order chi connectivity index (χ0) is 13.9. The Kier molecular flexibility index (Phi) is 4.09. The smallest absolute Gasteiger partial charge is 0.279 e. The SMILES string of the molecule is CCN(C(C)=O)C(=O)c1cc([N+](=O)[O-])cnc1C. The molecule has 2 amide bonds. The predicted molar refractivity (Wildman–Crippen MR) is 63.0 cm³/mol. The maximum atomic E-state index is 12.1. The van der Waals surface area contributed by atoms with Crippen molar-refractivity contribution >= 4 is 17.5 Å². The molecule has 0 N–H and O–H groups in total. The lowest BCUT2D eigenvalue weighted by atomic mass is 10.1. The normalized spacial score (nSPS) is 9.94. The zero-order valence-electron chi connectivity index (χ0n) is 10.3. The quantitative estimate of drug-likeness (QED) is 0.596. The summed E-state index contributed by atoms with van der Waals surface area (Å²) in [4.78, 5) is 38.1. The van der Waals surface area contributed by atoms with Crippen LogP contribution in [0.25, 0.3) is 0 Å². The molecule has 7 nitrogen and oxygen atoms in total. The summed E-state index contributed by atoms with van der Waals surface area (Å²) < 4.78 is 0. The third-order valence-electron chi connectivity index (χ3n) is 2.46. The summed E-state index contributed by atoms with van der Waals surface area (Å²) in [7, 11) is 0. The van der Waals surface area contributed by atoms with Gasteiger partial charge in [0.25, 0.3) is 11.6 Å². The van der Waals surface area contributed by atoms with Crippen molar-refractivity contribution in [2.24, 2.45) is 0 Å². The van der Waals surface area contributed by atoms with E-state index >= 15 is 0 Å². The van der Waals surface area contributed by atoms with Gasteiger partial charge in [-0.25, -0.2) is 0 Å². The third kappa shape index (κ3) is 2.68. The number of nitro groups is 1. The predicted octanol–water partition coefficient (Wildman–Crippen LogP) is 1.31. The molecule has 18 heavy (non-hydrogen) atoms. The standard InChI is InChI=1S/C11H13N3O4/c1-4-13(8(3)15)11(16)10-5-9(14(17)18)6-12-7(10)2/h5-6H,4H2,1-3H3. The number of pyridine rings is 1. The van der Waals surface area contributed by atoms with E-state index in [-0.39, 0.29) is 17.8 Å². The molecule has 0 atom stereocenters. The number of hydrogen-bond acceptors (Lipinski definition) is 5. The maximum Gasteiger partial charge on any atom is 0.288 e. The number of aromatic nitrogens is 1. The van der Waals surface area contributed by atoms with E-state index in [4.69, 9.17) is 0 Å². The van der Waals surface area contributed by atoms with Gasteiger partial charge in [-0.1, -0.05) is 0 Å². The molecule has 1 heterocycles. The van der Waals surface area contributed by atoms with Crippen molar-refractivity contribution in [3.8, 4) is 0 Å². The molecule has 0 aromatic carbocycles. The Hall–Kier alpha value is -2.31. The van der Waals surface area contributed by atoms with E-state index in [1.54, 1.807) is 13.8 Å². The molecule has 0 aliphatic heterocycles. The molecule has 0 bridgehead atoms. The summed E-state index contributed by atoms with van der Waals surface area (Å²) in [5.41, 5.74) is 0.148. The minimum Gasteiger partial charge on any atom is -0.279 e. The second-order valence-corrected chi connectivity index (χ2v) is 3.65. The Morgan fingerprint density at radius 2 is 2.11 bits per heavy atom. The highest BCUT2D eigenvalue weighted by Gasteiger charge is 2.22. The molecule has 1 aromatic rings. The molecule has 0 aliphatic rings. The van der Waals surface area contributed by atoms with Crippen LogP contribution in [0.5, 0.6) is 0 Å². The van der Waals surface area contributed by atoms with Crippen molar-refractivity contribution in [3.63, 3.8) is 0 Å². The van der Waals surface area contributed by atoms with E-state index in [0.717, 1.165) is 17.2 Å². The maximum absolute atomic E-state index is 12.1. The van der Waals surface area contributed by atoms with Crippen molar-refractivity contribution in [1.29, 1.82) is 0 Å². The lowest BCUT2D eigenvalue weighted by molar-refractivity contribution is -0.385. The molecule has 96 valence electrons. The van der Waals surface area contributed by atoms with Crippen LogP contribution in [-0.4, -0.2) is 33.2 Å². The van der Waals surface area contributed by atoms with E-state index in [0.29, 0.717) is 5.69 Å². The topological polar surface area (TPSA) is 93.4 Å². The molecule has 1 aromatic heterocycles. The van der Waals surface area contributed by atoms with Gasteiger partial charge in [0, 0.05) is 19.5 Å². The second-order valence-electron chi connectivity index (χ2n) is 3.65. The van der Waals surface area contributed by atoms with Gasteiger partial charge in [0.15, 0.2) is 0 Å². The Balaban J connectivity index is 3.23. The second kappa shape index (κ2) is 5.35. The highest BCUT2D eigenvalue weighted by atomic mass is 16.6. The van der Waals surface area contributed by atoms with E-state index in [9.17, 15) is 19.7 Å². The van der Waals surface area contributed by atoms with Gasteiger partial charge in [0.05, 0.1) is 16.2 Å². The van der Waals surface area contributed by atoms with Crippen LogP contribution in [0.15, 0.2) is 12.3 Å². The van der Waals surface area contributed by atoms with Gasteiger partial charge < -0.3 is 0 Å². The minimum absolute atomic E-state index is 0.0706. The van der Waals surface area contributed by atoms with Crippen molar-refractivity contribution in [2.75, 3.05) is 6.54 Å². The molecule has 7 heteroatoms. The van der Waals surface area contributed by atoms with Crippen LogP contribution in [0, 0.1) is 17.0 Å². The highest BCUT2D eigenvalue weighted by molar-refractivity contribution is 6.04. The van der Waals surface area contributed by atoms with Crippen molar-refractivity contribution in [3.05, 3.63) is 33.6 Å². The molecular formula is C11H13N3O4. The summed E-state index contributed by atoms with van der Waals surface area (Å²) in [6.07, 6.45) is 1.08. The first-order valence-electron chi connectivity index (χ1n) is 5.32. The van der Waals surface area contributed by atoms with Crippen LogP contribution in [0.3, 0.4) is 0 Å². The summed E-state index contributed by atoms with van der Waals surface area (Å²) in [6.45, 7) is 4.68. The largest absolute Gasteiger partial charge is 0.288 e. The molecule has 0 radical (unpaired) electrons. The Bertz CT molecular complexity index is 513. The van der Waals surface area contributed by atoms with Crippen LogP contribution >= 0.6 is 0 Å². The monoisotopic (exact) mass is 251 g/mol. The third-order valence-corrected chi connectivity index (χ3v) is 2.46. The fourth-order valence-electron chi connectivity index (χ4n) is 1.49. The Labute approximate surface area is 104 Å². The highest BCUT2D eigenvalue weighted by Crippen LogP contribution is 2.16. The van der Waals surface area contributed by atoms with Crippen LogP contribution in [0.1, 0.15) is 29.9 Å². The van der Waals surface area contributed by atoms with Gasteiger partial charge in [-0.2, -0.15) is 0 Å². The molecular weight excluding hydrogens is 238 g/mol. The van der Waals surface area contributed by atoms with E-state index in [1.807, 2.05) is 0 Å². The van der Waals surface area contributed by atoms with Gasteiger partial charge in [-0.3, -0.25) is 29.6 Å². The average Bonchev–Trinajstić information content (AvgIpc) is 2.29. The molecule has 0 spiro atoms. The first kappa shape index (κ1) is 13.8. The first-order chi connectivity index (χ1) is 8.38. The van der Waals surface area contributed by atoms with E-state index in [2.05, 4.69) is 4.98 Å². The van der Waals surface area contributed by atoms with Gasteiger partial charge in [-0.15, -0.1) is 0 Å². The number of aryl methyl sites for hydroxylation is 1. The molecule has 0 saturated heterocycles. The number of carbonyl (C=O) groups is 2. The average molecular weight is 251 g/mol. The van der Waals surface area contributed by atoms with Crippen LogP contribution in [-0.2, 0) is 4.79 Å². The summed E-state index contributed by atoms with van der Waals surface area (Å²) >= 11 is 0. The minimum atomic E-state index is -0.632. The van der Waals surface area contributed by atoms with Crippen LogP contribution in [0.2, 0.25) is 0 Å². The Morgan fingerprint density at radius 1 is 1.50 bits per heavy atom. The first-order valence-corrected chi connectivity index (χ1v) is 5.32. The van der Waals surface area contributed by atoms with Crippen LogP contribution < -0.4 is 0 Å². The fourth-order valence-corrected chi connectivity index (χ4v) is 1.49. The summed E-state index contributed by atoms with van der Waals surface area (Å²) in [6, 6.07) is 1.14. The number of amides is 2.